The van der Waals surface area contributed by atoms with Crippen molar-refractivity contribution >= 4 is 45.1 Å². The van der Waals surface area contributed by atoms with Crippen LogP contribution in [0.15, 0.2) is 47.4 Å². The van der Waals surface area contributed by atoms with Crippen LogP contribution in [0.3, 0.4) is 0 Å². The monoisotopic (exact) mass is 514 g/mol. The molecule has 1 atom stereocenters. The summed E-state index contributed by atoms with van der Waals surface area (Å²) in [5.41, 5.74) is 0.591. The number of ether oxygens (including phenoxy) is 1. The van der Waals surface area contributed by atoms with Crippen LogP contribution in [0.2, 0.25) is 10.0 Å². The summed E-state index contributed by atoms with van der Waals surface area (Å²) < 4.78 is 32.2. The van der Waals surface area contributed by atoms with Gasteiger partial charge in [-0.3, -0.25) is 4.79 Å². The lowest BCUT2D eigenvalue weighted by molar-refractivity contribution is -0.148. The first kappa shape index (κ1) is 27.1. The molecule has 0 saturated carbocycles. The Kier molecular flexibility index (Phi) is 9.72. The quantitative estimate of drug-likeness (QED) is 0.470. The summed E-state index contributed by atoms with van der Waals surface area (Å²) in [4.78, 5) is 25.6. The van der Waals surface area contributed by atoms with E-state index in [4.69, 9.17) is 27.9 Å². The van der Waals surface area contributed by atoms with Crippen LogP contribution >= 0.6 is 23.2 Å². The van der Waals surface area contributed by atoms with Crippen molar-refractivity contribution in [1.29, 1.82) is 0 Å². The standard InChI is InChI=1S/C23H28Cl2N2O5S/c1-5-27(6-2)33(30,31)17-10-7-9-16(13-17)22(28)26-21(15(3)4)23(29)32-14-18-19(24)11-8-12-20(18)25/h7-13,15,21H,5-6,14H2,1-4H3,(H,26,28). The number of esters is 1. The van der Waals surface area contributed by atoms with Gasteiger partial charge in [0.05, 0.1) is 4.90 Å². The number of amides is 1. The molecule has 0 aliphatic heterocycles. The van der Waals surface area contributed by atoms with Gasteiger partial charge in [0.25, 0.3) is 5.91 Å². The Balaban J connectivity index is 2.18. The van der Waals surface area contributed by atoms with E-state index in [1.165, 1.54) is 28.6 Å². The molecule has 10 heteroatoms. The van der Waals surface area contributed by atoms with Gasteiger partial charge in [0, 0.05) is 34.3 Å². The molecule has 1 amide bonds. The van der Waals surface area contributed by atoms with E-state index in [1.54, 1.807) is 45.9 Å². The van der Waals surface area contributed by atoms with Crippen LogP contribution in [0.25, 0.3) is 0 Å². The molecule has 33 heavy (non-hydrogen) atoms. The Morgan fingerprint density at radius 3 is 2.15 bits per heavy atom. The second-order valence-electron chi connectivity index (χ2n) is 7.62. The third kappa shape index (κ3) is 6.69. The molecule has 2 aromatic rings. The maximum Gasteiger partial charge on any atom is 0.329 e. The average molecular weight is 515 g/mol. The van der Waals surface area contributed by atoms with E-state index in [0.717, 1.165) is 0 Å². The first-order valence-electron chi connectivity index (χ1n) is 10.5. The van der Waals surface area contributed by atoms with Crippen LogP contribution in [0.5, 0.6) is 0 Å². The molecule has 7 nitrogen and oxygen atoms in total. The number of carbonyl (C=O) groups excluding carboxylic acids is 2. The second-order valence-corrected chi connectivity index (χ2v) is 10.4. The van der Waals surface area contributed by atoms with Gasteiger partial charge in [0.1, 0.15) is 12.6 Å². The van der Waals surface area contributed by atoms with Gasteiger partial charge in [-0.25, -0.2) is 13.2 Å². The molecule has 0 saturated heterocycles. The third-order valence-electron chi connectivity index (χ3n) is 5.07. The zero-order chi connectivity index (χ0) is 24.8. The first-order chi connectivity index (χ1) is 15.5. The smallest absolute Gasteiger partial charge is 0.329 e. The Bertz CT molecular complexity index is 1080. The van der Waals surface area contributed by atoms with Gasteiger partial charge in [0.15, 0.2) is 0 Å². The lowest BCUT2D eigenvalue weighted by atomic mass is 10.0. The van der Waals surface area contributed by atoms with Crippen molar-refractivity contribution in [3.8, 4) is 0 Å². The minimum absolute atomic E-state index is 0.0101. The molecule has 0 aromatic heterocycles. The van der Waals surface area contributed by atoms with E-state index < -0.39 is 27.9 Å². The summed E-state index contributed by atoms with van der Waals surface area (Å²) in [7, 11) is -3.73. The molecule has 2 aromatic carbocycles. The Morgan fingerprint density at radius 1 is 1.03 bits per heavy atom. The van der Waals surface area contributed by atoms with Crippen molar-refractivity contribution < 1.29 is 22.7 Å². The van der Waals surface area contributed by atoms with Crippen LogP contribution in [0, 0.1) is 5.92 Å². The SMILES string of the molecule is CCN(CC)S(=O)(=O)c1cccc(C(=O)NC(C(=O)OCc2c(Cl)cccc2Cl)C(C)C)c1. The Morgan fingerprint density at radius 2 is 1.61 bits per heavy atom. The Labute approximate surface area is 205 Å². The lowest BCUT2D eigenvalue weighted by Crippen LogP contribution is -2.45. The Hall–Kier alpha value is -2.13. The molecule has 2 rings (SSSR count). The van der Waals surface area contributed by atoms with E-state index in [2.05, 4.69) is 5.32 Å². The van der Waals surface area contributed by atoms with E-state index >= 15 is 0 Å². The van der Waals surface area contributed by atoms with Crippen LogP contribution in [0.4, 0.5) is 0 Å². The number of halogens is 2. The van der Waals surface area contributed by atoms with Crippen molar-refractivity contribution in [3.63, 3.8) is 0 Å². The van der Waals surface area contributed by atoms with Gasteiger partial charge < -0.3 is 10.1 Å². The third-order valence-corrected chi connectivity index (χ3v) is 7.82. The number of nitrogens with one attached hydrogen (secondary N) is 1. The minimum atomic E-state index is -3.73. The van der Waals surface area contributed by atoms with Gasteiger partial charge in [0.2, 0.25) is 10.0 Å². The molecule has 0 radical (unpaired) electrons. The number of benzene rings is 2. The predicted octanol–water partition coefficient (Wildman–Crippen LogP) is 4.52. The number of rotatable bonds is 10. The number of nitrogens with zero attached hydrogens (tertiary/aromatic N) is 1. The molecular weight excluding hydrogens is 487 g/mol. The van der Waals surface area contributed by atoms with Crippen LogP contribution in [-0.2, 0) is 26.2 Å². The first-order valence-corrected chi connectivity index (χ1v) is 12.7. The number of hydrogen-bond acceptors (Lipinski definition) is 5. The molecule has 0 spiro atoms. The molecular formula is C23H28Cl2N2O5S. The van der Waals surface area contributed by atoms with Crippen LogP contribution < -0.4 is 5.32 Å². The number of hydrogen-bond donors (Lipinski definition) is 1. The highest BCUT2D eigenvalue weighted by molar-refractivity contribution is 7.89. The van der Waals surface area contributed by atoms with Gasteiger partial charge in [-0.1, -0.05) is 63.0 Å². The molecule has 0 fully saturated rings. The van der Waals surface area contributed by atoms with E-state index in [-0.39, 0.29) is 23.0 Å². The predicted molar refractivity (Wildman–Crippen MR) is 129 cm³/mol. The molecule has 0 heterocycles. The summed E-state index contributed by atoms with van der Waals surface area (Å²) in [6.07, 6.45) is 0. The van der Waals surface area contributed by atoms with Gasteiger partial charge >= 0.3 is 5.97 Å². The fraction of sp³-hybridized carbons (Fsp3) is 0.391. The van der Waals surface area contributed by atoms with E-state index in [9.17, 15) is 18.0 Å². The highest BCUT2D eigenvalue weighted by atomic mass is 35.5. The maximum atomic E-state index is 12.9. The largest absolute Gasteiger partial charge is 0.459 e. The van der Waals surface area contributed by atoms with Gasteiger partial charge in [-0.05, 0) is 36.2 Å². The fourth-order valence-corrected chi connectivity index (χ4v) is 5.15. The van der Waals surface area contributed by atoms with Crippen molar-refractivity contribution in [2.24, 2.45) is 5.92 Å². The summed E-state index contributed by atoms with van der Waals surface area (Å²) in [6, 6.07) is 9.72. The van der Waals surface area contributed by atoms with Crippen molar-refractivity contribution in [2.75, 3.05) is 13.1 Å². The van der Waals surface area contributed by atoms with E-state index in [1.807, 2.05) is 0 Å². The molecule has 0 aliphatic rings. The van der Waals surface area contributed by atoms with Gasteiger partial charge in [-0.15, -0.1) is 0 Å². The summed E-state index contributed by atoms with van der Waals surface area (Å²) >= 11 is 12.2. The van der Waals surface area contributed by atoms with Crippen LogP contribution in [0.1, 0.15) is 43.6 Å². The second kappa shape index (κ2) is 11.8. The fourth-order valence-electron chi connectivity index (χ4n) is 3.14. The molecule has 180 valence electrons. The molecule has 1 N–H and O–H groups in total. The maximum absolute atomic E-state index is 12.9. The molecule has 1 unspecified atom stereocenters. The number of sulfonamides is 1. The zero-order valence-electron chi connectivity index (χ0n) is 19.0. The van der Waals surface area contributed by atoms with Crippen molar-refractivity contribution in [3.05, 3.63) is 63.6 Å². The average Bonchev–Trinajstić information content (AvgIpc) is 2.77. The number of carbonyl (C=O) groups is 2. The summed E-state index contributed by atoms with van der Waals surface area (Å²) in [5.74, 6) is -1.52. The highest BCUT2D eigenvalue weighted by Gasteiger charge is 2.28. The zero-order valence-corrected chi connectivity index (χ0v) is 21.3. The van der Waals surface area contributed by atoms with Crippen molar-refractivity contribution in [1.82, 2.24) is 9.62 Å². The normalized spacial score (nSPS) is 12.6. The lowest BCUT2D eigenvalue weighted by Gasteiger charge is -2.22. The van der Waals surface area contributed by atoms with Crippen molar-refractivity contribution in [2.45, 2.75) is 45.2 Å². The summed E-state index contributed by atoms with van der Waals surface area (Å²) in [5, 5.41) is 3.38. The van der Waals surface area contributed by atoms with Gasteiger partial charge in [-0.2, -0.15) is 4.31 Å². The summed E-state index contributed by atoms with van der Waals surface area (Å²) in [6.45, 7) is 7.48. The molecule has 0 aliphatic carbocycles. The highest BCUT2D eigenvalue weighted by Crippen LogP contribution is 2.25. The molecule has 0 bridgehead atoms. The minimum Gasteiger partial charge on any atom is -0.459 e. The van der Waals surface area contributed by atoms with Crippen LogP contribution in [-0.4, -0.2) is 43.7 Å². The van der Waals surface area contributed by atoms with E-state index in [0.29, 0.717) is 28.7 Å². The topological polar surface area (TPSA) is 92.8 Å².